The first-order chi connectivity index (χ1) is 10.2. The third-order valence-electron chi connectivity index (χ3n) is 3.23. The first-order valence-electron chi connectivity index (χ1n) is 6.64. The lowest BCUT2D eigenvalue weighted by Gasteiger charge is -2.07. The second-order valence-corrected chi connectivity index (χ2v) is 4.85. The predicted molar refractivity (Wildman–Crippen MR) is 73.6 cm³/mol. The van der Waals surface area contributed by atoms with E-state index in [1.54, 1.807) is 12.3 Å². The quantitative estimate of drug-likeness (QED) is 0.841. The van der Waals surface area contributed by atoms with Crippen molar-refractivity contribution in [3.05, 3.63) is 35.5 Å². The largest absolute Gasteiger partial charge is 0.480 e. The second kappa shape index (κ2) is 5.43. The minimum atomic E-state index is -1.07. The molecule has 0 bridgehead atoms. The number of methoxy groups -OCH3 is 1. The van der Waals surface area contributed by atoms with Crippen molar-refractivity contribution >= 4 is 11.8 Å². The van der Waals surface area contributed by atoms with Crippen molar-refractivity contribution in [1.29, 1.82) is 0 Å². The fourth-order valence-corrected chi connectivity index (χ4v) is 1.96. The number of oxazole rings is 1. The van der Waals surface area contributed by atoms with Gasteiger partial charge in [-0.25, -0.2) is 9.78 Å². The Bertz CT molecular complexity index is 664. The molecule has 7 nitrogen and oxygen atoms in total. The van der Waals surface area contributed by atoms with Crippen LogP contribution in [0, 0.1) is 0 Å². The highest BCUT2D eigenvalue weighted by Crippen LogP contribution is 2.39. The van der Waals surface area contributed by atoms with E-state index < -0.39 is 5.97 Å². The normalized spacial score (nSPS) is 14.0. The zero-order valence-electron chi connectivity index (χ0n) is 11.5. The van der Waals surface area contributed by atoms with Gasteiger partial charge >= 0.3 is 5.97 Å². The van der Waals surface area contributed by atoms with Crippen LogP contribution in [0.2, 0.25) is 0 Å². The highest BCUT2D eigenvalue weighted by molar-refractivity contribution is 5.90. The Morgan fingerprint density at radius 3 is 3.00 bits per heavy atom. The Labute approximate surface area is 121 Å². The van der Waals surface area contributed by atoms with E-state index in [4.69, 9.17) is 14.3 Å². The molecule has 2 aromatic rings. The van der Waals surface area contributed by atoms with Gasteiger partial charge < -0.3 is 19.6 Å². The number of hydrogen-bond acceptors (Lipinski definition) is 6. The fourth-order valence-electron chi connectivity index (χ4n) is 1.96. The molecule has 0 unspecified atom stereocenters. The maximum atomic E-state index is 11.0. The van der Waals surface area contributed by atoms with Gasteiger partial charge in [0.2, 0.25) is 5.88 Å². The van der Waals surface area contributed by atoms with E-state index in [0.29, 0.717) is 18.3 Å². The highest BCUT2D eigenvalue weighted by Gasteiger charge is 2.28. The van der Waals surface area contributed by atoms with Crippen LogP contribution in [0.1, 0.15) is 40.8 Å². The van der Waals surface area contributed by atoms with Gasteiger partial charge in [-0.2, -0.15) is 4.98 Å². The molecular weight excluding hydrogens is 274 g/mol. The van der Waals surface area contributed by atoms with Crippen molar-refractivity contribution in [3.8, 4) is 5.88 Å². The summed E-state index contributed by atoms with van der Waals surface area (Å²) in [5, 5.41) is 12.0. The van der Waals surface area contributed by atoms with Crippen LogP contribution < -0.4 is 10.1 Å². The molecule has 7 heteroatoms. The third kappa shape index (κ3) is 2.96. The van der Waals surface area contributed by atoms with E-state index in [-0.39, 0.29) is 11.4 Å². The number of nitrogens with zero attached hydrogens (tertiary/aromatic N) is 2. The maximum Gasteiger partial charge on any atom is 0.341 e. The number of anilines is 1. The maximum absolute atomic E-state index is 11.0. The van der Waals surface area contributed by atoms with Gasteiger partial charge in [0, 0.05) is 5.92 Å². The number of ether oxygens (including phenoxy) is 1. The number of rotatable bonds is 6. The van der Waals surface area contributed by atoms with Gasteiger partial charge in [0.15, 0.2) is 5.89 Å². The number of aromatic nitrogens is 2. The van der Waals surface area contributed by atoms with Gasteiger partial charge in [0.05, 0.1) is 19.9 Å². The second-order valence-electron chi connectivity index (χ2n) is 4.85. The molecule has 2 N–H and O–H groups in total. The minimum Gasteiger partial charge on any atom is -0.480 e. The minimum absolute atomic E-state index is 0.0266. The number of nitrogens with one attached hydrogen (secondary N) is 1. The van der Waals surface area contributed by atoms with Crippen LogP contribution in [-0.4, -0.2) is 28.2 Å². The molecule has 1 saturated carbocycles. The Kier molecular flexibility index (Phi) is 3.47. The van der Waals surface area contributed by atoms with E-state index >= 15 is 0 Å². The van der Waals surface area contributed by atoms with Crippen LogP contribution in [0.25, 0.3) is 0 Å². The summed E-state index contributed by atoms with van der Waals surface area (Å²) in [4.78, 5) is 19.3. The van der Waals surface area contributed by atoms with Gasteiger partial charge in [-0.1, -0.05) is 0 Å². The molecule has 0 atom stereocenters. The summed E-state index contributed by atoms with van der Waals surface area (Å²) in [5.41, 5.74) is 0.0266. The summed E-state index contributed by atoms with van der Waals surface area (Å²) in [6, 6.07) is 3.04. The molecular formula is C14H15N3O4. The first-order valence-corrected chi connectivity index (χ1v) is 6.64. The number of carboxylic acid groups (broad SMARTS) is 1. The van der Waals surface area contributed by atoms with Crippen molar-refractivity contribution in [2.75, 3.05) is 12.4 Å². The SMILES string of the molecule is COc1nc(NCc2cnc(C3CC3)o2)ccc1C(=O)O. The van der Waals surface area contributed by atoms with Crippen LogP contribution in [0.15, 0.2) is 22.7 Å². The topological polar surface area (TPSA) is 97.5 Å². The molecule has 1 aliphatic carbocycles. The molecule has 3 rings (SSSR count). The molecule has 2 aromatic heterocycles. The molecule has 0 saturated heterocycles. The molecule has 2 heterocycles. The van der Waals surface area contributed by atoms with Crippen LogP contribution >= 0.6 is 0 Å². The van der Waals surface area contributed by atoms with Crippen molar-refractivity contribution in [1.82, 2.24) is 9.97 Å². The molecule has 21 heavy (non-hydrogen) atoms. The van der Waals surface area contributed by atoms with E-state index in [0.717, 1.165) is 24.5 Å². The van der Waals surface area contributed by atoms with Gasteiger partial charge in [-0.15, -0.1) is 0 Å². The average Bonchev–Trinajstić information content (AvgIpc) is 3.23. The molecule has 0 aromatic carbocycles. The smallest absolute Gasteiger partial charge is 0.341 e. The molecule has 1 fully saturated rings. The van der Waals surface area contributed by atoms with Gasteiger partial charge in [0.25, 0.3) is 0 Å². The zero-order valence-corrected chi connectivity index (χ0v) is 11.5. The van der Waals surface area contributed by atoms with Crippen LogP contribution in [-0.2, 0) is 6.54 Å². The zero-order chi connectivity index (χ0) is 14.8. The van der Waals surface area contributed by atoms with Crippen LogP contribution in [0.3, 0.4) is 0 Å². The predicted octanol–water partition coefficient (Wildman–Crippen LogP) is 2.27. The summed E-state index contributed by atoms with van der Waals surface area (Å²) < 4.78 is 10.6. The van der Waals surface area contributed by atoms with E-state index in [1.807, 2.05) is 0 Å². The Morgan fingerprint density at radius 2 is 2.33 bits per heavy atom. The van der Waals surface area contributed by atoms with Crippen LogP contribution in [0.4, 0.5) is 5.82 Å². The van der Waals surface area contributed by atoms with Crippen molar-refractivity contribution < 1.29 is 19.1 Å². The number of carboxylic acids is 1. The highest BCUT2D eigenvalue weighted by atomic mass is 16.5. The number of hydrogen-bond donors (Lipinski definition) is 2. The lowest BCUT2D eigenvalue weighted by atomic mass is 10.2. The Morgan fingerprint density at radius 1 is 1.52 bits per heavy atom. The standard InChI is InChI=1S/C14H15N3O4/c1-20-13-10(14(18)19)4-5-11(17-13)15-6-9-7-16-12(21-9)8-2-3-8/h4-5,7-8H,2-3,6H2,1H3,(H,15,17)(H,18,19). The van der Waals surface area contributed by atoms with Crippen LogP contribution in [0.5, 0.6) is 5.88 Å². The van der Waals surface area contributed by atoms with Gasteiger partial charge in [0.1, 0.15) is 17.1 Å². The van der Waals surface area contributed by atoms with Gasteiger partial charge in [-0.3, -0.25) is 0 Å². The fraction of sp³-hybridized carbons (Fsp3) is 0.357. The van der Waals surface area contributed by atoms with Crippen molar-refractivity contribution in [2.24, 2.45) is 0 Å². The molecule has 0 spiro atoms. The Hall–Kier alpha value is -2.57. The number of pyridine rings is 1. The molecule has 1 aliphatic rings. The number of aromatic carboxylic acids is 1. The lowest BCUT2D eigenvalue weighted by Crippen LogP contribution is -2.06. The summed E-state index contributed by atoms with van der Waals surface area (Å²) in [7, 11) is 1.39. The average molecular weight is 289 g/mol. The first kappa shape index (κ1) is 13.4. The summed E-state index contributed by atoms with van der Waals surface area (Å²) in [6.45, 7) is 0.433. The van der Waals surface area contributed by atoms with Crippen molar-refractivity contribution in [2.45, 2.75) is 25.3 Å². The molecule has 110 valence electrons. The summed E-state index contributed by atoms with van der Waals surface area (Å²) >= 11 is 0. The number of carbonyl (C=O) groups is 1. The van der Waals surface area contributed by atoms with Crippen molar-refractivity contribution in [3.63, 3.8) is 0 Å². The monoisotopic (exact) mass is 289 g/mol. The summed E-state index contributed by atoms with van der Waals surface area (Å²) in [6.07, 6.45) is 3.98. The lowest BCUT2D eigenvalue weighted by molar-refractivity contribution is 0.0692. The molecule has 0 radical (unpaired) electrons. The molecule has 0 amide bonds. The van der Waals surface area contributed by atoms with E-state index in [9.17, 15) is 4.79 Å². The van der Waals surface area contributed by atoms with E-state index in [2.05, 4.69) is 15.3 Å². The van der Waals surface area contributed by atoms with E-state index in [1.165, 1.54) is 13.2 Å². The molecule has 0 aliphatic heterocycles. The van der Waals surface area contributed by atoms with Gasteiger partial charge in [-0.05, 0) is 25.0 Å². The Balaban J connectivity index is 1.67. The third-order valence-corrected chi connectivity index (χ3v) is 3.23. The summed E-state index contributed by atoms with van der Waals surface area (Å²) in [5.74, 6) is 1.51.